The van der Waals surface area contributed by atoms with Gasteiger partial charge in [-0.3, -0.25) is 0 Å². The van der Waals surface area contributed by atoms with E-state index >= 15 is 0 Å². The molecule has 0 bridgehead atoms. The van der Waals surface area contributed by atoms with Crippen molar-refractivity contribution >= 4 is 39.0 Å². The van der Waals surface area contributed by atoms with Crippen LogP contribution in [-0.4, -0.2) is 35.6 Å². The first-order valence-electron chi connectivity index (χ1n) is 6.21. The van der Waals surface area contributed by atoms with E-state index in [0.29, 0.717) is 6.61 Å². The molecule has 1 N–H and O–H groups in total. The van der Waals surface area contributed by atoms with Crippen molar-refractivity contribution in [1.29, 1.82) is 0 Å². The van der Waals surface area contributed by atoms with Gasteiger partial charge in [0.1, 0.15) is 17.0 Å². The van der Waals surface area contributed by atoms with E-state index in [1.54, 1.807) is 24.8 Å². The quantitative estimate of drug-likeness (QED) is 0.831. The number of aromatic nitrogens is 2. The van der Waals surface area contributed by atoms with Crippen molar-refractivity contribution in [1.82, 2.24) is 9.97 Å². The zero-order valence-corrected chi connectivity index (χ0v) is 12.9. The lowest BCUT2D eigenvalue weighted by Gasteiger charge is -2.10. The Balaban J connectivity index is 2.08. The highest BCUT2D eigenvalue weighted by molar-refractivity contribution is 7.18. The summed E-state index contributed by atoms with van der Waals surface area (Å²) in [7, 11) is 1.66. The molecule has 0 spiro atoms. The van der Waals surface area contributed by atoms with Gasteiger partial charge in [0.15, 0.2) is 0 Å². The second kappa shape index (κ2) is 6.50. The Labute approximate surface area is 122 Å². The van der Waals surface area contributed by atoms with Gasteiger partial charge in [-0.15, -0.1) is 22.9 Å². The zero-order chi connectivity index (χ0) is 13.8. The molecule has 0 aliphatic heterocycles. The SMILES string of the molecule is COCC(Cl)CCNc1ncnc2sc(C)c(C)c12. The van der Waals surface area contributed by atoms with Crippen LogP contribution in [0.1, 0.15) is 16.9 Å². The van der Waals surface area contributed by atoms with Gasteiger partial charge in [0.2, 0.25) is 0 Å². The van der Waals surface area contributed by atoms with E-state index in [-0.39, 0.29) is 5.38 Å². The van der Waals surface area contributed by atoms with E-state index in [2.05, 4.69) is 29.1 Å². The van der Waals surface area contributed by atoms with E-state index in [1.165, 1.54) is 10.4 Å². The van der Waals surface area contributed by atoms with Crippen molar-refractivity contribution in [2.45, 2.75) is 25.6 Å². The summed E-state index contributed by atoms with van der Waals surface area (Å²) in [6, 6.07) is 0. The molecule has 0 saturated heterocycles. The Morgan fingerprint density at radius 2 is 2.21 bits per heavy atom. The number of ether oxygens (including phenoxy) is 1. The van der Waals surface area contributed by atoms with E-state index in [9.17, 15) is 0 Å². The molecule has 0 saturated carbocycles. The van der Waals surface area contributed by atoms with Crippen molar-refractivity contribution in [2.75, 3.05) is 25.6 Å². The average molecular weight is 300 g/mol. The topological polar surface area (TPSA) is 47.0 Å². The van der Waals surface area contributed by atoms with Crippen LogP contribution < -0.4 is 5.32 Å². The van der Waals surface area contributed by atoms with Crippen molar-refractivity contribution < 1.29 is 4.74 Å². The van der Waals surface area contributed by atoms with Gasteiger partial charge in [0.05, 0.1) is 17.4 Å². The molecule has 4 nitrogen and oxygen atoms in total. The first-order valence-corrected chi connectivity index (χ1v) is 7.46. The van der Waals surface area contributed by atoms with Crippen molar-refractivity contribution in [3.05, 3.63) is 16.8 Å². The summed E-state index contributed by atoms with van der Waals surface area (Å²) in [4.78, 5) is 11.0. The lowest BCUT2D eigenvalue weighted by molar-refractivity contribution is 0.196. The third-order valence-electron chi connectivity index (χ3n) is 3.06. The predicted octanol–water partition coefficient (Wildman–Crippen LogP) is 3.36. The Morgan fingerprint density at radius 3 is 2.95 bits per heavy atom. The van der Waals surface area contributed by atoms with Crippen LogP contribution in [0.15, 0.2) is 6.33 Å². The second-order valence-electron chi connectivity index (χ2n) is 4.45. The van der Waals surface area contributed by atoms with Crippen molar-refractivity contribution in [3.8, 4) is 0 Å². The third kappa shape index (κ3) is 3.35. The smallest absolute Gasteiger partial charge is 0.138 e. The van der Waals surface area contributed by atoms with Crippen LogP contribution in [0.25, 0.3) is 10.2 Å². The molecule has 2 aromatic heterocycles. The first-order chi connectivity index (χ1) is 9.13. The monoisotopic (exact) mass is 299 g/mol. The number of nitrogens with one attached hydrogen (secondary N) is 1. The Bertz CT molecular complexity index is 558. The Morgan fingerprint density at radius 1 is 1.42 bits per heavy atom. The molecule has 0 aliphatic carbocycles. The lowest BCUT2D eigenvalue weighted by Crippen LogP contribution is -2.14. The minimum Gasteiger partial charge on any atom is -0.383 e. The summed E-state index contributed by atoms with van der Waals surface area (Å²) in [6.45, 7) is 5.56. The largest absolute Gasteiger partial charge is 0.383 e. The van der Waals surface area contributed by atoms with Crippen LogP contribution in [0.5, 0.6) is 0 Å². The van der Waals surface area contributed by atoms with Crippen LogP contribution >= 0.6 is 22.9 Å². The molecule has 2 aromatic rings. The molecular weight excluding hydrogens is 282 g/mol. The number of hydrogen-bond acceptors (Lipinski definition) is 5. The standard InChI is InChI=1S/C13H18ClN3OS/c1-8-9(2)19-13-11(8)12(16-7-17-13)15-5-4-10(14)6-18-3/h7,10H,4-6H2,1-3H3,(H,15,16,17). The second-order valence-corrected chi connectivity index (χ2v) is 6.27. The number of methoxy groups -OCH3 is 1. The Hall–Kier alpha value is -0.910. The molecule has 19 heavy (non-hydrogen) atoms. The molecule has 0 amide bonds. The van der Waals surface area contributed by atoms with Gasteiger partial charge >= 0.3 is 0 Å². The van der Waals surface area contributed by atoms with Crippen molar-refractivity contribution in [3.63, 3.8) is 0 Å². The number of nitrogens with zero attached hydrogens (tertiary/aromatic N) is 2. The molecule has 1 atom stereocenters. The highest BCUT2D eigenvalue weighted by atomic mass is 35.5. The van der Waals surface area contributed by atoms with Gasteiger partial charge in [-0.25, -0.2) is 9.97 Å². The maximum atomic E-state index is 6.11. The molecular formula is C13H18ClN3OS. The molecule has 0 fully saturated rings. The number of fused-ring (bicyclic) bond motifs is 1. The van der Waals surface area contributed by atoms with E-state index in [4.69, 9.17) is 16.3 Å². The molecule has 2 rings (SSSR count). The van der Waals surface area contributed by atoms with Gasteiger partial charge in [-0.05, 0) is 25.8 Å². The number of rotatable bonds is 6. The van der Waals surface area contributed by atoms with Crippen LogP contribution in [0.3, 0.4) is 0 Å². The normalized spacial score (nSPS) is 12.8. The fraction of sp³-hybridized carbons (Fsp3) is 0.538. The summed E-state index contributed by atoms with van der Waals surface area (Å²) in [5.74, 6) is 0.896. The number of anilines is 1. The molecule has 6 heteroatoms. The van der Waals surface area contributed by atoms with Gasteiger partial charge in [-0.1, -0.05) is 0 Å². The summed E-state index contributed by atoms with van der Waals surface area (Å²) in [5, 5.41) is 4.50. The number of alkyl halides is 1. The maximum absolute atomic E-state index is 6.11. The minimum atomic E-state index is 0.0279. The number of halogens is 1. The number of aryl methyl sites for hydroxylation is 2. The summed E-state index contributed by atoms with van der Waals surface area (Å²) < 4.78 is 5.02. The minimum absolute atomic E-state index is 0.0279. The fourth-order valence-electron chi connectivity index (χ4n) is 1.93. The van der Waals surface area contributed by atoms with E-state index in [0.717, 1.165) is 29.0 Å². The highest BCUT2D eigenvalue weighted by Crippen LogP contribution is 2.32. The summed E-state index contributed by atoms with van der Waals surface area (Å²) >= 11 is 7.81. The first kappa shape index (κ1) is 14.5. The molecule has 0 aliphatic rings. The van der Waals surface area contributed by atoms with Crippen LogP contribution in [-0.2, 0) is 4.74 Å². The lowest BCUT2D eigenvalue weighted by atomic mass is 10.2. The fourth-order valence-corrected chi connectivity index (χ4v) is 3.16. The maximum Gasteiger partial charge on any atom is 0.138 e. The van der Waals surface area contributed by atoms with Crippen LogP contribution in [0, 0.1) is 13.8 Å². The predicted molar refractivity (Wildman–Crippen MR) is 81.5 cm³/mol. The zero-order valence-electron chi connectivity index (χ0n) is 11.4. The Kier molecular flexibility index (Phi) is 4.96. The van der Waals surface area contributed by atoms with Crippen LogP contribution in [0.2, 0.25) is 0 Å². The van der Waals surface area contributed by atoms with E-state index < -0.39 is 0 Å². The number of thiophene rings is 1. The number of hydrogen-bond donors (Lipinski definition) is 1. The van der Waals surface area contributed by atoms with Crippen LogP contribution in [0.4, 0.5) is 5.82 Å². The molecule has 0 radical (unpaired) electrons. The van der Waals surface area contributed by atoms with Gasteiger partial charge in [0, 0.05) is 18.5 Å². The molecule has 2 heterocycles. The molecule has 104 valence electrons. The highest BCUT2D eigenvalue weighted by Gasteiger charge is 2.12. The molecule has 1 unspecified atom stereocenters. The average Bonchev–Trinajstić information content (AvgIpc) is 2.66. The summed E-state index contributed by atoms with van der Waals surface area (Å²) in [5.41, 5.74) is 1.25. The van der Waals surface area contributed by atoms with E-state index in [1.807, 2.05) is 0 Å². The van der Waals surface area contributed by atoms with Gasteiger partial charge in [-0.2, -0.15) is 0 Å². The van der Waals surface area contributed by atoms with Crippen molar-refractivity contribution in [2.24, 2.45) is 0 Å². The molecule has 0 aromatic carbocycles. The third-order valence-corrected chi connectivity index (χ3v) is 4.52. The van der Waals surface area contributed by atoms with Gasteiger partial charge < -0.3 is 10.1 Å². The summed E-state index contributed by atoms with van der Waals surface area (Å²) in [6.07, 6.45) is 2.44. The van der Waals surface area contributed by atoms with Gasteiger partial charge in [0.25, 0.3) is 0 Å².